The molecule has 3 aromatic heterocycles. The predicted molar refractivity (Wildman–Crippen MR) is 129 cm³/mol. The number of hydrogen-bond acceptors (Lipinski definition) is 6. The summed E-state index contributed by atoms with van der Waals surface area (Å²) in [5, 5.41) is 3.42. The number of likely N-dealkylation sites (N-methyl/N-ethyl adjacent to an activating group) is 1. The van der Waals surface area contributed by atoms with Crippen molar-refractivity contribution < 1.29 is 4.79 Å². The van der Waals surface area contributed by atoms with Crippen LogP contribution in [-0.2, 0) is 11.3 Å². The Kier molecular flexibility index (Phi) is 5.42. The molecule has 0 atom stereocenters. The second-order valence-corrected chi connectivity index (χ2v) is 8.55. The standard InChI is InChI=1S/C25H27N7O/c1-17-10-19(4-5-22(17)20-6-7-26-18(2)11-20)13-27-25-28-14-21-12-23(29-16-32(21)25)31-9-8-30(3)24(33)15-31/h4-7,10-12,14,16H,8-9,13,15H2,1-3H3,(H,27,28). The number of carbonyl (C=O) groups excluding carboxylic acids is 1. The van der Waals surface area contributed by atoms with Crippen LogP contribution in [0.1, 0.15) is 16.8 Å². The lowest BCUT2D eigenvalue weighted by molar-refractivity contribution is -0.129. The fourth-order valence-electron chi connectivity index (χ4n) is 4.20. The number of nitrogens with one attached hydrogen (secondary N) is 1. The van der Waals surface area contributed by atoms with Crippen LogP contribution in [0, 0.1) is 13.8 Å². The van der Waals surface area contributed by atoms with E-state index in [9.17, 15) is 4.79 Å². The Balaban J connectivity index is 1.30. The zero-order chi connectivity index (χ0) is 22.9. The number of benzene rings is 1. The highest BCUT2D eigenvalue weighted by atomic mass is 16.2. The van der Waals surface area contributed by atoms with Crippen LogP contribution < -0.4 is 10.2 Å². The molecule has 0 aliphatic carbocycles. The number of pyridine rings is 1. The molecule has 168 valence electrons. The fourth-order valence-corrected chi connectivity index (χ4v) is 4.20. The van der Waals surface area contributed by atoms with E-state index < -0.39 is 0 Å². The van der Waals surface area contributed by atoms with Gasteiger partial charge in [0, 0.05) is 44.6 Å². The molecule has 4 aromatic rings. The van der Waals surface area contributed by atoms with Gasteiger partial charge in [-0.05, 0) is 48.2 Å². The van der Waals surface area contributed by atoms with E-state index >= 15 is 0 Å². The molecule has 5 rings (SSSR count). The summed E-state index contributed by atoms with van der Waals surface area (Å²) in [5.41, 5.74) is 6.76. The number of fused-ring (bicyclic) bond motifs is 1. The van der Waals surface area contributed by atoms with Gasteiger partial charge in [0.05, 0.1) is 18.3 Å². The molecule has 1 aliphatic heterocycles. The highest BCUT2D eigenvalue weighted by Gasteiger charge is 2.22. The van der Waals surface area contributed by atoms with Crippen molar-refractivity contribution in [3.63, 3.8) is 0 Å². The number of nitrogens with zero attached hydrogens (tertiary/aromatic N) is 6. The molecule has 0 unspecified atom stereocenters. The van der Waals surface area contributed by atoms with E-state index in [1.54, 1.807) is 11.2 Å². The summed E-state index contributed by atoms with van der Waals surface area (Å²) in [6.45, 7) is 6.63. The van der Waals surface area contributed by atoms with E-state index in [1.807, 2.05) is 47.8 Å². The number of rotatable bonds is 5. The maximum Gasteiger partial charge on any atom is 0.241 e. The van der Waals surface area contributed by atoms with Gasteiger partial charge in [-0.2, -0.15) is 0 Å². The highest BCUT2D eigenvalue weighted by Crippen LogP contribution is 2.25. The van der Waals surface area contributed by atoms with Crippen LogP contribution in [0.15, 0.2) is 55.1 Å². The lowest BCUT2D eigenvalue weighted by Gasteiger charge is -2.32. The molecule has 1 fully saturated rings. The zero-order valence-corrected chi connectivity index (χ0v) is 19.1. The summed E-state index contributed by atoms with van der Waals surface area (Å²) in [6, 6.07) is 12.6. The Morgan fingerprint density at radius 2 is 1.91 bits per heavy atom. The van der Waals surface area contributed by atoms with Gasteiger partial charge in [0.1, 0.15) is 12.1 Å². The molecule has 8 nitrogen and oxygen atoms in total. The number of piperazine rings is 1. The molecule has 1 saturated heterocycles. The van der Waals surface area contributed by atoms with E-state index in [1.165, 1.54) is 22.3 Å². The Hall–Kier alpha value is -3.94. The van der Waals surface area contributed by atoms with Crippen LogP contribution in [0.3, 0.4) is 0 Å². The average molecular weight is 442 g/mol. The molecule has 0 spiro atoms. The van der Waals surface area contributed by atoms with Crippen molar-refractivity contribution in [2.24, 2.45) is 0 Å². The molecule has 1 amide bonds. The Morgan fingerprint density at radius 1 is 1.03 bits per heavy atom. The minimum atomic E-state index is 0.110. The first-order chi connectivity index (χ1) is 16.0. The van der Waals surface area contributed by atoms with Gasteiger partial charge in [0.15, 0.2) is 0 Å². The van der Waals surface area contributed by atoms with E-state index in [0.717, 1.165) is 29.5 Å². The SMILES string of the molecule is Cc1cc(-c2ccc(CNc3ncc4cc(N5CCN(C)C(=O)C5)ncn34)cc2C)ccn1. The summed E-state index contributed by atoms with van der Waals surface area (Å²) >= 11 is 0. The van der Waals surface area contributed by atoms with Gasteiger partial charge in [0.2, 0.25) is 11.9 Å². The molecule has 0 saturated carbocycles. The van der Waals surface area contributed by atoms with Crippen molar-refractivity contribution in [2.75, 3.05) is 36.9 Å². The summed E-state index contributed by atoms with van der Waals surface area (Å²) < 4.78 is 1.93. The number of imidazole rings is 1. The molecule has 4 heterocycles. The third-order valence-corrected chi connectivity index (χ3v) is 6.14. The number of aryl methyl sites for hydroxylation is 2. The van der Waals surface area contributed by atoms with Crippen molar-refractivity contribution in [1.29, 1.82) is 0 Å². The molecule has 1 N–H and O–H groups in total. The third kappa shape index (κ3) is 4.24. The van der Waals surface area contributed by atoms with Crippen molar-refractivity contribution in [1.82, 2.24) is 24.3 Å². The van der Waals surface area contributed by atoms with Crippen LogP contribution in [0.5, 0.6) is 0 Å². The first kappa shape index (κ1) is 20.9. The number of aromatic nitrogens is 4. The number of hydrogen-bond donors (Lipinski definition) is 1. The van der Waals surface area contributed by atoms with Crippen molar-refractivity contribution >= 4 is 23.2 Å². The molecule has 1 aromatic carbocycles. The Labute approximate surface area is 192 Å². The lowest BCUT2D eigenvalue weighted by atomic mass is 9.98. The smallest absolute Gasteiger partial charge is 0.241 e. The summed E-state index contributed by atoms with van der Waals surface area (Å²) in [5.74, 6) is 1.65. The maximum atomic E-state index is 12.0. The van der Waals surface area contributed by atoms with Gasteiger partial charge in [-0.15, -0.1) is 0 Å². The van der Waals surface area contributed by atoms with E-state index in [0.29, 0.717) is 19.6 Å². The quantitative estimate of drug-likeness (QED) is 0.512. The highest BCUT2D eigenvalue weighted by molar-refractivity contribution is 5.82. The van der Waals surface area contributed by atoms with Gasteiger partial charge >= 0.3 is 0 Å². The molecule has 1 aliphatic rings. The zero-order valence-electron chi connectivity index (χ0n) is 19.1. The van der Waals surface area contributed by atoms with Gasteiger partial charge < -0.3 is 15.1 Å². The molecule has 8 heteroatoms. The summed E-state index contributed by atoms with van der Waals surface area (Å²) in [7, 11) is 1.83. The molecule has 33 heavy (non-hydrogen) atoms. The lowest BCUT2D eigenvalue weighted by Crippen LogP contribution is -2.48. The number of anilines is 2. The number of amides is 1. The Bertz CT molecular complexity index is 1330. The van der Waals surface area contributed by atoms with Gasteiger partial charge in [-0.1, -0.05) is 18.2 Å². The average Bonchev–Trinajstić information content (AvgIpc) is 3.22. The summed E-state index contributed by atoms with van der Waals surface area (Å²) in [6.07, 6.45) is 5.44. The van der Waals surface area contributed by atoms with Crippen LogP contribution >= 0.6 is 0 Å². The second kappa shape index (κ2) is 8.54. The van der Waals surface area contributed by atoms with Gasteiger partial charge in [-0.25, -0.2) is 9.97 Å². The van der Waals surface area contributed by atoms with Crippen LogP contribution in [0.2, 0.25) is 0 Å². The maximum absolute atomic E-state index is 12.0. The molecule has 0 bridgehead atoms. The monoisotopic (exact) mass is 441 g/mol. The van der Waals surface area contributed by atoms with E-state index in [4.69, 9.17) is 0 Å². The van der Waals surface area contributed by atoms with Crippen LogP contribution in [-0.4, -0.2) is 56.8 Å². The predicted octanol–water partition coefficient (Wildman–Crippen LogP) is 3.30. The van der Waals surface area contributed by atoms with E-state index in [2.05, 4.69) is 51.5 Å². The molecular weight excluding hydrogens is 414 g/mol. The Morgan fingerprint density at radius 3 is 2.70 bits per heavy atom. The first-order valence-corrected chi connectivity index (χ1v) is 11.1. The van der Waals surface area contributed by atoms with E-state index in [-0.39, 0.29) is 5.91 Å². The van der Waals surface area contributed by atoms with Gasteiger partial charge in [0.25, 0.3) is 0 Å². The minimum absolute atomic E-state index is 0.110. The fraction of sp³-hybridized carbons (Fsp3) is 0.280. The topological polar surface area (TPSA) is 78.7 Å². The second-order valence-electron chi connectivity index (χ2n) is 8.55. The van der Waals surface area contributed by atoms with Crippen molar-refractivity contribution in [3.8, 4) is 11.1 Å². The molecule has 0 radical (unpaired) electrons. The largest absolute Gasteiger partial charge is 0.351 e. The number of carbonyl (C=O) groups is 1. The normalized spacial score (nSPS) is 14.2. The van der Waals surface area contributed by atoms with Crippen LogP contribution in [0.25, 0.3) is 16.6 Å². The first-order valence-electron chi connectivity index (χ1n) is 11.1. The summed E-state index contributed by atoms with van der Waals surface area (Å²) in [4.78, 5) is 29.2. The van der Waals surface area contributed by atoms with Crippen molar-refractivity contribution in [2.45, 2.75) is 20.4 Å². The minimum Gasteiger partial charge on any atom is -0.351 e. The van der Waals surface area contributed by atoms with Gasteiger partial charge in [-0.3, -0.25) is 14.2 Å². The van der Waals surface area contributed by atoms with Crippen molar-refractivity contribution in [3.05, 3.63) is 71.9 Å². The molecular formula is C25H27N7O. The van der Waals surface area contributed by atoms with Crippen LogP contribution in [0.4, 0.5) is 11.8 Å². The third-order valence-electron chi connectivity index (χ3n) is 6.14.